The van der Waals surface area contributed by atoms with E-state index in [-0.39, 0.29) is 24.0 Å². The van der Waals surface area contributed by atoms with Crippen molar-refractivity contribution >= 4 is 41.3 Å². The molecule has 0 amide bonds. The lowest BCUT2D eigenvalue weighted by Crippen LogP contribution is -2.52. The first-order valence-corrected chi connectivity index (χ1v) is 10.6. The predicted octanol–water partition coefficient (Wildman–Crippen LogP) is 3.29. The van der Waals surface area contributed by atoms with Crippen LogP contribution in [0.3, 0.4) is 0 Å². The number of ether oxygens (including phenoxy) is 1. The van der Waals surface area contributed by atoms with Gasteiger partial charge in [-0.3, -0.25) is 4.99 Å². The molecule has 4 rings (SSSR count). The van der Waals surface area contributed by atoms with E-state index in [2.05, 4.69) is 49.8 Å². The molecule has 1 aliphatic heterocycles. The molecule has 2 aromatic heterocycles. The number of methoxy groups -OCH3 is 1. The maximum Gasteiger partial charge on any atom is 0.194 e. The lowest BCUT2D eigenvalue weighted by atomic mass is 10.2. The zero-order valence-electron chi connectivity index (χ0n) is 18.2. The summed E-state index contributed by atoms with van der Waals surface area (Å²) in [5.74, 6) is 1.89. The molecule has 1 N–H and O–H groups in total. The van der Waals surface area contributed by atoms with E-state index in [0.717, 1.165) is 68.7 Å². The summed E-state index contributed by atoms with van der Waals surface area (Å²) in [6.45, 7) is 7.56. The minimum atomic E-state index is 0. The van der Waals surface area contributed by atoms with Gasteiger partial charge < -0.3 is 24.3 Å². The molecule has 8 heteroatoms. The number of benzene rings is 1. The largest absolute Gasteiger partial charge is 0.497 e. The van der Waals surface area contributed by atoms with Gasteiger partial charge >= 0.3 is 0 Å². The van der Waals surface area contributed by atoms with Crippen LogP contribution in [0.2, 0.25) is 0 Å². The van der Waals surface area contributed by atoms with Crippen LogP contribution in [-0.2, 0) is 6.42 Å². The Labute approximate surface area is 201 Å². The first-order chi connectivity index (χ1) is 14.8. The van der Waals surface area contributed by atoms with Gasteiger partial charge in [-0.15, -0.1) is 24.0 Å². The summed E-state index contributed by atoms with van der Waals surface area (Å²) in [5.41, 5.74) is 3.30. The topological polar surface area (TPSA) is 57.4 Å². The van der Waals surface area contributed by atoms with Gasteiger partial charge in [0.05, 0.1) is 12.8 Å². The molecule has 31 heavy (non-hydrogen) atoms. The van der Waals surface area contributed by atoms with E-state index in [1.807, 2.05) is 36.5 Å². The molecule has 0 atom stereocenters. The molecule has 7 nitrogen and oxygen atoms in total. The first-order valence-electron chi connectivity index (χ1n) is 10.6. The van der Waals surface area contributed by atoms with Crippen molar-refractivity contribution in [3.63, 3.8) is 0 Å². The summed E-state index contributed by atoms with van der Waals surface area (Å²) in [5, 5.41) is 3.45. The number of aliphatic imine (C=N–C) groups is 1. The molecule has 0 radical (unpaired) electrons. The number of imidazole rings is 1. The van der Waals surface area contributed by atoms with Gasteiger partial charge in [-0.05, 0) is 43.3 Å². The van der Waals surface area contributed by atoms with E-state index >= 15 is 0 Å². The molecule has 0 saturated carbocycles. The molecule has 0 aliphatic carbocycles. The highest BCUT2D eigenvalue weighted by molar-refractivity contribution is 14.0. The second-order valence-electron chi connectivity index (χ2n) is 7.36. The fourth-order valence-electron chi connectivity index (χ4n) is 3.78. The van der Waals surface area contributed by atoms with E-state index in [4.69, 9.17) is 9.73 Å². The van der Waals surface area contributed by atoms with Gasteiger partial charge in [0.1, 0.15) is 11.4 Å². The number of hydrogen-bond acceptors (Lipinski definition) is 4. The van der Waals surface area contributed by atoms with Crippen LogP contribution >= 0.6 is 24.0 Å². The van der Waals surface area contributed by atoms with Crippen LogP contribution in [0, 0.1) is 0 Å². The third kappa shape index (κ3) is 5.81. The number of anilines is 1. The number of hydrogen-bond donors (Lipinski definition) is 1. The average Bonchev–Trinajstić information content (AvgIpc) is 3.21. The van der Waals surface area contributed by atoms with Crippen molar-refractivity contribution < 1.29 is 4.74 Å². The van der Waals surface area contributed by atoms with Crippen molar-refractivity contribution in [3.8, 4) is 5.75 Å². The minimum absolute atomic E-state index is 0. The van der Waals surface area contributed by atoms with Crippen molar-refractivity contribution in [3.05, 3.63) is 60.6 Å². The number of fused-ring (bicyclic) bond motifs is 1. The highest BCUT2D eigenvalue weighted by Gasteiger charge is 2.19. The van der Waals surface area contributed by atoms with Crippen molar-refractivity contribution in [2.45, 2.75) is 13.3 Å². The van der Waals surface area contributed by atoms with Crippen LogP contribution in [0.5, 0.6) is 5.75 Å². The van der Waals surface area contributed by atoms with E-state index < -0.39 is 0 Å². The summed E-state index contributed by atoms with van der Waals surface area (Å²) < 4.78 is 7.32. The Balaban J connectivity index is 0.00000272. The van der Waals surface area contributed by atoms with Crippen molar-refractivity contribution in [2.24, 2.45) is 4.99 Å². The maximum atomic E-state index is 5.26. The fourth-order valence-corrected chi connectivity index (χ4v) is 3.78. The van der Waals surface area contributed by atoms with Crippen molar-refractivity contribution in [1.82, 2.24) is 19.6 Å². The van der Waals surface area contributed by atoms with Gasteiger partial charge in [0, 0.05) is 63.8 Å². The van der Waals surface area contributed by atoms with Crippen LogP contribution in [0.15, 0.2) is 59.9 Å². The Morgan fingerprint density at radius 3 is 2.55 bits per heavy atom. The summed E-state index contributed by atoms with van der Waals surface area (Å²) in [4.78, 5) is 14.3. The van der Waals surface area contributed by atoms with Gasteiger partial charge in [0.25, 0.3) is 0 Å². The van der Waals surface area contributed by atoms with Gasteiger partial charge in [-0.1, -0.05) is 6.07 Å². The summed E-state index contributed by atoms with van der Waals surface area (Å²) in [7, 11) is 1.70. The molecule has 0 unspecified atom stereocenters. The average molecular weight is 534 g/mol. The normalized spacial score (nSPS) is 14.5. The molecular formula is C23H31IN6O. The number of guanidine groups is 1. The third-order valence-electron chi connectivity index (χ3n) is 5.40. The van der Waals surface area contributed by atoms with Gasteiger partial charge in [0.2, 0.25) is 0 Å². The first kappa shape index (κ1) is 23.2. The standard InChI is InChI=1S/C23H30N6O.HI/c1-3-24-23(25-12-11-19-18-29-13-5-4-6-22(29)26-19)28-16-14-27(15-17-28)20-7-9-21(30-2)10-8-20;/h4-10,13,18H,3,11-12,14-17H2,1-2H3,(H,24,25);1H. The number of nitrogens with zero attached hydrogens (tertiary/aromatic N) is 5. The third-order valence-corrected chi connectivity index (χ3v) is 5.40. The quantitative estimate of drug-likeness (QED) is 0.299. The van der Waals surface area contributed by atoms with Gasteiger partial charge in [0.15, 0.2) is 5.96 Å². The van der Waals surface area contributed by atoms with Crippen LogP contribution in [-0.4, -0.2) is 66.6 Å². The Kier molecular flexibility index (Phi) is 8.39. The summed E-state index contributed by atoms with van der Waals surface area (Å²) in [6, 6.07) is 14.4. The predicted molar refractivity (Wildman–Crippen MR) is 137 cm³/mol. The van der Waals surface area contributed by atoms with E-state index in [0.29, 0.717) is 0 Å². The lowest BCUT2D eigenvalue weighted by Gasteiger charge is -2.37. The van der Waals surface area contributed by atoms with Crippen molar-refractivity contribution in [1.29, 1.82) is 0 Å². The van der Waals surface area contributed by atoms with E-state index in [1.54, 1.807) is 7.11 Å². The Morgan fingerprint density at radius 2 is 1.87 bits per heavy atom. The number of piperazine rings is 1. The number of rotatable bonds is 6. The fraction of sp³-hybridized carbons (Fsp3) is 0.391. The summed E-state index contributed by atoms with van der Waals surface area (Å²) in [6.07, 6.45) is 4.95. The highest BCUT2D eigenvalue weighted by atomic mass is 127. The molecule has 0 spiro atoms. The second kappa shape index (κ2) is 11.2. The summed E-state index contributed by atoms with van der Waals surface area (Å²) >= 11 is 0. The van der Waals surface area contributed by atoms with Gasteiger partial charge in [-0.2, -0.15) is 0 Å². The van der Waals surface area contributed by atoms with Crippen molar-refractivity contribution in [2.75, 3.05) is 51.3 Å². The molecule has 0 bridgehead atoms. The number of halogens is 1. The molecule has 1 saturated heterocycles. The number of pyridine rings is 1. The second-order valence-corrected chi connectivity index (χ2v) is 7.36. The van der Waals surface area contributed by atoms with Gasteiger partial charge in [-0.25, -0.2) is 4.98 Å². The maximum absolute atomic E-state index is 5.26. The van der Waals surface area contributed by atoms with Crippen LogP contribution < -0.4 is 15.0 Å². The molecule has 1 aliphatic rings. The smallest absolute Gasteiger partial charge is 0.194 e. The molecule has 3 aromatic rings. The lowest BCUT2D eigenvalue weighted by molar-refractivity contribution is 0.372. The Bertz CT molecular complexity index is 946. The Hall–Kier alpha value is -2.49. The zero-order chi connectivity index (χ0) is 20.8. The van der Waals surface area contributed by atoms with E-state index in [9.17, 15) is 0 Å². The number of aromatic nitrogens is 2. The monoisotopic (exact) mass is 534 g/mol. The molecule has 1 fully saturated rings. The van der Waals surface area contributed by atoms with E-state index in [1.165, 1.54) is 5.69 Å². The highest BCUT2D eigenvalue weighted by Crippen LogP contribution is 2.20. The molecule has 1 aromatic carbocycles. The molecule has 3 heterocycles. The zero-order valence-corrected chi connectivity index (χ0v) is 20.5. The number of nitrogens with one attached hydrogen (secondary N) is 1. The molecule has 166 valence electrons. The van der Waals surface area contributed by atoms with Crippen LogP contribution in [0.4, 0.5) is 5.69 Å². The SMILES string of the molecule is CCNC(=NCCc1cn2ccccc2n1)N1CCN(c2ccc(OC)cc2)CC1.I. The van der Waals surface area contributed by atoms with Crippen LogP contribution in [0.1, 0.15) is 12.6 Å². The molecular weight excluding hydrogens is 503 g/mol. The van der Waals surface area contributed by atoms with Crippen LogP contribution in [0.25, 0.3) is 5.65 Å². The minimum Gasteiger partial charge on any atom is -0.497 e. The Morgan fingerprint density at radius 1 is 1.10 bits per heavy atom.